The highest BCUT2D eigenvalue weighted by Crippen LogP contribution is 2.29. The van der Waals surface area contributed by atoms with Gasteiger partial charge < -0.3 is 5.32 Å². The first-order valence-electron chi connectivity index (χ1n) is 6.54. The van der Waals surface area contributed by atoms with Crippen LogP contribution in [0.3, 0.4) is 0 Å². The molecule has 20 heavy (non-hydrogen) atoms. The van der Waals surface area contributed by atoms with E-state index in [1.807, 2.05) is 12.4 Å². The molecular weight excluding hydrogens is 284 g/mol. The van der Waals surface area contributed by atoms with Crippen LogP contribution in [0.5, 0.6) is 0 Å². The Morgan fingerprint density at radius 3 is 2.35 bits per heavy atom. The molecule has 0 aromatic carbocycles. The first kappa shape index (κ1) is 13.5. The average Bonchev–Trinajstić information content (AvgIpc) is 3.14. The van der Waals surface area contributed by atoms with Crippen LogP contribution < -0.4 is 5.32 Å². The largest absolute Gasteiger partial charge is 0.301 e. The van der Waals surface area contributed by atoms with Crippen LogP contribution in [-0.4, -0.2) is 4.98 Å². The topological polar surface area (TPSA) is 24.9 Å². The normalized spacial score (nSPS) is 11.1. The van der Waals surface area contributed by atoms with Gasteiger partial charge in [0.2, 0.25) is 0 Å². The van der Waals surface area contributed by atoms with Crippen molar-refractivity contribution >= 4 is 22.7 Å². The third kappa shape index (κ3) is 2.98. The van der Waals surface area contributed by atoms with Gasteiger partial charge in [-0.1, -0.05) is 12.1 Å². The zero-order chi connectivity index (χ0) is 13.8. The van der Waals surface area contributed by atoms with E-state index in [9.17, 15) is 0 Å². The Hall–Kier alpha value is -1.49. The maximum absolute atomic E-state index is 4.15. The lowest BCUT2D eigenvalue weighted by atomic mass is 10.1. The molecule has 0 spiro atoms. The van der Waals surface area contributed by atoms with Gasteiger partial charge in [-0.25, -0.2) is 0 Å². The first-order valence-corrected chi connectivity index (χ1v) is 8.30. The van der Waals surface area contributed by atoms with E-state index in [1.165, 1.54) is 20.9 Å². The summed E-state index contributed by atoms with van der Waals surface area (Å²) < 4.78 is 0. The molecule has 0 saturated carbocycles. The fourth-order valence-corrected chi connectivity index (χ4v) is 3.88. The van der Waals surface area contributed by atoms with Crippen LogP contribution in [0.1, 0.15) is 26.9 Å². The predicted octanol–water partition coefficient (Wildman–Crippen LogP) is 4.39. The molecule has 3 aromatic heterocycles. The Bertz CT molecular complexity index is 611. The minimum absolute atomic E-state index is 0.280. The summed E-state index contributed by atoms with van der Waals surface area (Å²) in [6.07, 6.45) is 3.78. The molecule has 0 fully saturated rings. The SMILES string of the molecule is Cc1cnccc1CNC(c1cccs1)c1cccs1. The molecule has 3 rings (SSSR count). The highest BCUT2D eigenvalue weighted by Gasteiger charge is 2.15. The van der Waals surface area contributed by atoms with Crippen molar-refractivity contribution < 1.29 is 0 Å². The van der Waals surface area contributed by atoms with Crippen LogP contribution in [0.4, 0.5) is 0 Å². The van der Waals surface area contributed by atoms with Gasteiger partial charge in [-0.3, -0.25) is 4.98 Å². The third-order valence-corrected chi connectivity index (χ3v) is 5.16. The number of hydrogen-bond donors (Lipinski definition) is 1. The molecule has 102 valence electrons. The van der Waals surface area contributed by atoms with Crippen LogP contribution in [0.25, 0.3) is 0 Å². The van der Waals surface area contributed by atoms with E-state index in [0.29, 0.717) is 0 Å². The maximum atomic E-state index is 4.15. The smallest absolute Gasteiger partial charge is 0.0767 e. The van der Waals surface area contributed by atoms with Gasteiger partial charge >= 0.3 is 0 Å². The zero-order valence-electron chi connectivity index (χ0n) is 11.2. The Kier molecular flexibility index (Phi) is 4.25. The van der Waals surface area contributed by atoms with Gasteiger partial charge in [0.15, 0.2) is 0 Å². The van der Waals surface area contributed by atoms with Gasteiger partial charge in [0.05, 0.1) is 6.04 Å². The van der Waals surface area contributed by atoms with Crippen molar-refractivity contribution in [2.75, 3.05) is 0 Å². The minimum atomic E-state index is 0.280. The number of thiophene rings is 2. The molecule has 0 aliphatic heterocycles. The number of hydrogen-bond acceptors (Lipinski definition) is 4. The molecule has 0 unspecified atom stereocenters. The second-order valence-electron chi connectivity index (χ2n) is 4.65. The Labute approximate surface area is 127 Å². The van der Waals surface area contributed by atoms with Crippen LogP contribution in [0.15, 0.2) is 53.5 Å². The average molecular weight is 300 g/mol. The summed E-state index contributed by atoms with van der Waals surface area (Å²) in [6, 6.07) is 11.0. The number of aromatic nitrogens is 1. The monoisotopic (exact) mass is 300 g/mol. The molecule has 3 aromatic rings. The number of nitrogens with one attached hydrogen (secondary N) is 1. The Balaban J connectivity index is 1.80. The molecule has 0 atom stereocenters. The lowest BCUT2D eigenvalue weighted by molar-refractivity contribution is 0.619. The molecule has 0 radical (unpaired) electrons. The fourth-order valence-electron chi connectivity index (χ4n) is 2.17. The van der Waals surface area contributed by atoms with Gasteiger partial charge in [0.1, 0.15) is 0 Å². The fraction of sp³-hybridized carbons (Fsp3) is 0.188. The van der Waals surface area contributed by atoms with E-state index in [4.69, 9.17) is 0 Å². The van der Waals surface area contributed by atoms with Crippen molar-refractivity contribution in [3.8, 4) is 0 Å². The summed E-state index contributed by atoms with van der Waals surface area (Å²) in [6.45, 7) is 2.96. The van der Waals surface area contributed by atoms with E-state index < -0.39 is 0 Å². The van der Waals surface area contributed by atoms with Crippen molar-refractivity contribution in [3.05, 3.63) is 74.4 Å². The van der Waals surface area contributed by atoms with E-state index >= 15 is 0 Å². The summed E-state index contributed by atoms with van der Waals surface area (Å²) in [5.41, 5.74) is 2.54. The quantitative estimate of drug-likeness (QED) is 0.756. The molecule has 0 aliphatic rings. The molecular formula is C16H16N2S2. The predicted molar refractivity (Wildman–Crippen MR) is 86.3 cm³/mol. The Morgan fingerprint density at radius 2 is 1.80 bits per heavy atom. The standard InChI is InChI=1S/C16H16N2S2/c1-12-10-17-7-6-13(12)11-18-16(14-4-2-8-19-14)15-5-3-9-20-15/h2-10,16,18H,11H2,1H3. The van der Waals surface area contributed by atoms with Crippen LogP contribution in [-0.2, 0) is 6.54 Å². The highest BCUT2D eigenvalue weighted by molar-refractivity contribution is 7.11. The van der Waals surface area contributed by atoms with Crippen LogP contribution in [0, 0.1) is 6.92 Å². The number of pyridine rings is 1. The highest BCUT2D eigenvalue weighted by atomic mass is 32.1. The third-order valence-electron chi connectivity index (χ3n) is 3.29. The maximum Gasteiger partial charge on any atom is 0.0767 e. The van der Waals surface area contributed by atoms with E-state index in [-0.39, 0.29) is 6.04 Å². The molecule has 0 aliphatic carbocycles. The second-order valence-corrected chi connectivity index (χ2v) is 6.61. The molecule has 0 bridgehead atoms. The number of rotatable bonds is 5. The number of aryl methyl sites for hydroxylation is 1. The summed E-state index contributed by atoms with van der Waals surface area (Å²) in [5, 5.41) is 7.94. The van der Waals surface area contributed by atoms with Gasteiger partial charge in [0, 0.05) is 28.7 Å². The van der Waals surface area contributed by atoms with Gasteiger partial charge in [-0.05, 0) is 47.0 Å². The van der Waals surface area contributed by atoms with E-state index in [2.05, 4.69) is 58.3 Å². The van der Waals surface area contributed by atoms with Crippen LogP contribution >= 0.6 is 22.7 Å². The molecule has 0 saturated heterocycles. The van der Waals surface area contributed by atoms with Gasteiger partial charge in [-0.15, -0.1) is 22.7 Å². The number of nitrogens with zero attached hydrogens (tertiary/aromatic N) is 1. The summed E-state index contributed by atoms with van der Waals surface area (Å²) >= 11 is 3.60. The molecule has 1 N–H and O–H groups in total. The van der Waals surface area contributed by atoms with Crippen molar-refractivity contribution in [3.63, 3.8) is 0 Å². The molecule has 3 heterocycles. The van der Waals surface area contributed by atoms with Crippen molar-refractivity contribution in [2.24, 2.45) is 0 Å². The zero-order valence-corrected chi connectivity index (χ0v) is 12.9. The van der Waals surface area contributed by atoms with Crippen molar-refractivity contribution in [1.29, 1.82) is 0 Å². The van der Waals surface area contributed by atoms with Gasteiger partial charge in [0.25, 0.3) is 0 Å². The van der Waals surface area contributed by atoms with Crippen molar-refractivity contribution in [2.45, 2.75) is 19.5 Å². The molecule has 2 nitrogen and oxygen atoms in total. The Morgan fingerprint density at radius 1 is 1.10 bits per heavy atom. The second kappa shape index (κ2) is 6.31. The first-order chi connectivity index (χ1) is 9.84. The lowest BCUT2D eigenvalue weighted by Crippen LogP contribution is -2.20. The lowest BCUT2D eigenvalue weighted by Gasteiger charge is -2.17. The van der Waals surface area contributed by atoms with E-state index in [0.717, 1.165) is 6.54 Å². The van der Waals surface area contributed by atoms with E-state index in [1.54, 1.807) is 22.7 Å². The summed E-state index contributed by atoms with van der Waals surface area (Å²) in [7, 11) is 0. The summed E-state index contributed by atoms with van der Waals surface area (Å²) in [5.74, 6) is 0. The van der Waals surface area contributed by atoms with Crippen LogP contribution in [0.2, 0.25) is 0 Å². The van der Waals surface area contributed by atoms with Gasteiger partial charge in [-0.2, -0.15) is 0 Å². The molecule has 0 amide bonds. The summed E-state index contributed by atoms with van der Waals surface area (Å²) in [4.78, 5) is 6.87. The van der Waals surface area contributed by atoms with Crippen molar-refractivity contribution in [1.82, 2.24) is 10.3 Å². The minimum Gasteiger partial charge on any atom is -0.301 e. The molecule has 4 heteroatoms.